The van der Waals surface area contributed by atoms with Gasteiger partial charge in [0.15, 0.2) is 0 Å². The molecule has 0 saturated carbocycles. The second kappa shape index (κ2) is 11.6. The molecule has 0 aliphatic carbocycles. The van der Waals surface area contributed by atoms with E-state index in [4.69, 9.17) is 9.97 Å². The Balaban J connectivity index is 1.53. The molecule has 5 rings (SSSR count). The number of halogens is 6. The Kier molecular flexibility index (Phi) is 8.17. The zero-order valence-corrected chi connectivity index (χ0v) is 22.4. The van der Waals surface area contributed by atoms with Gasteiger partial charge in [-0.15, -0.1) is 0 Å². The quantitative estimate of drug-likeness (QED) is 0.226. The number of fused-ring (bicyclic) bond motifs is 1. The molecule has 0 bridgehead atoms. The van der Waals surface area contributed by atoms with Crippen molar-refractivity contribution in [2.75, 3.05) is 18.4 Å². The van der Waals surface area contributed by atoms with Crippen LogP contribution < -0.4 is 5.32 Å². The molecule has 0 radical (unpaired) electrons. The monoisotopic (exact) mass is 573 g/mol. The first-order chi connectivity index (χ1) is 19.5. The summed E-state index contributed by atoms with van der Waals surface area (Å²) < 4.78 is 80.3. The summed E-state index contributed by atoms with van der Waals surface area (Å²) in [6, 6.07) is 12.0. The Labute approximate surface area is 233 Å². The molecule has 216 valence electrons. The molecule has 11 heteroatoms. The average Bonchev–Trinajstić information content (AvgIpc) is 2.95. The van der Waals surface area contributed by atoms with Gasteiger partial charge in [0.25, 0.3) is 0 Å². The van der Waals surface area contributed by atoms with Gasteiger partial charge in [0, 0.05) is 41.8 Å². The van der Waals surface area contributed by atoms with Crippen LogP contribution in [0.2, 0.25) is 0 Å². The minimum absolute atomic E-state index is 0.210. The van der Waals surface area contributed by atoms with Gasteiger partial charge in [-0.3, -0.25) is 9.88 Å². The Morgan fingerprint density at radius 1 is 0.927 bits per heavy atom. The van der Waals surface area contributed by atoms with Gasteiger partial charge in [0.1, 0.15) is 11.6 Å². The number of likely N-dealkylation sites (tertiary alicyclic amines) is 1. The van der Waals surface area contributed by atoms with Gasteiger partial charge < -0.3 is 5.32 Å². The molecule has 41 heavy (non-hydrogen) atoms. The van der Waals surface area contributed by atoms with Crippen LogP contribution in [0, 0.1) is 0 Å². The largest absolute Gasteiger partial charge is 0.418 e. The van der Waals surface area contributed by atoms with Crippen molar-refractivity contribution in [3.63, 3.8) is 0 Å². The number of nitrogens with one attached hydrogen (secondary N) is 1. The standard InChI is InChI=1S/C30H29F6N5/c1-2-22-6-3-4-16-41(22)17-14-26-39-25-18-19(27-24(30(34,35)36)7-5-15-37-27)8-13-23(25)28(40-26)38-21-11-9-20(10-12-21)29(31,32)33/h5,7-13,15,18,22H,2-4,6,14,16-17H2,1H3,(H,38,39,40). The lowest BCUT2D eigenvalue weighted by Crippen LogP contribution is -2.40. The lowest BCUT2D eigenvalue weighted by Gasteiger charge is -2.35. The molecular formula is C30H29F6N5. The van der Waals surface area contributed by atoms with Crippen molar-refractivity contribution in [2.24, 2.45) is 0 Å². The Hall–Kier alpha value is -3.73. The molecule has 1 unspecified atom stereocenters. The molecule has 0 spiro atoms. The van der Waals surface area contributed by atoms with Crippen LogP contribution in [-0.4, -0.2) is 39.0 Å². The zero-order valence-electron chi connectivity index (χ0n) is 22.4. The summed E-state index contributed by atoms with van der Waals surface area (Å²) in [5.74, 6) is 0.848. The third-order valence-electron chi connectivity index (χ3n) is 7.45. The molecule has 5 nitrogen and oxygen atoms in total. The summed E-state index contributed by atoms with van der Waals surface area (Å²) in [6.07, 6.45) is -2.76. The van der Waals surface area contributed by atoms with Crippen molar-refractivity contribution in [1.29, 1.82) is 0 Å². The number of alkyl halides is 6. The molecule has 1 N–H and O–H groups in total. The molecular weight excluding hydrogens is 544 g/mol. The number of nitrogens with zero attached hydrogens (tertiary/aromatic N) is 4. The summed E-state index contributed by atoms with van der Waals surface area (Å²) in [5, 5.41) is 3.61. The van der Waals surface area contributed by atoms with E-state index in [1.807, 2.05) is 0 Å². The van der Waals surface area contributed by atoms with Gasteiger partial charge in [-0.05, 0) is 74.3 Å². The number of benzene rings is 2. The zero-order chi connectivity index (χ0) is 29.2. The molecule has 1 atom stereocenters. The summed E-state index contributed by atoms with van der Waals surface area (Å²) in [6.45, 7) is 3.87. The van der Waals surface area contributed by atoms with Crippen LogP contribution in [0.4, 0.5) is 37.8 Å². The molecule has 1 aliphatic heterocycles. The normalized spacial score (nSPS) is 16.7. The smallest absolute Gasteiger partial charge is 0.340 e. The second-order valence-corrected chi connectivity index (χ2v) is 10.2. The number of hydrogen-bond donors (Lipinski definition) is 1. The lowest BCUT2D eigenvalue weighted by atomic mass is 10.00. The highest BCUT2D eigenvalue weighted by molar-refractivity contribution is 5.93. The van der Waals surface area contributed by atoms with E-state index in [1.54, 1.807) is 12.1 Å². The fourth-order valence-electron chi connectivity index (χ4n) is 5.34. The van der Waals surface area contributed by atoms with E-state index in [1.165, 1.54) is 36.9 Å². The number of aromatic nitrogens is 3. The minimum Gasteiger partial charge on any atom is -0.340 e. The van der Waals surface area contributed by atoms with Gasteiger partial charge >= 0.3 is 12.4 Å². The number of pyridine rings is 1. The first-order valence-electron chi connectivity index (χ1n) is 13.5. The predicted molar refractivity (Wildman–Crippen MR) is 146 cm³/mol. The van der Waals surface area contributed by atoms with E-state index in [2.05, 4.69) is 22.1 Å². The van der Waals surface area contributed by atoms with Gasteiger partial charge in [0.05, 0.1) is 22.3 Å². The summed E-state index contributed by atoms with van der Waals surface area (Å²) in [5.41, 5.74) is -0.794. The van der Waals surface area contributed by atoms with Crippen LogP contribution in [0.25, 0.3) is 22.2 Å². The highest BCUT2D eigenvalue weighted by atomic mass is 19.4. The van der Waals surface area contributed by atoms with E-state index in [0.717, 1.165) is 50.6 Å². The van der Waals surface area contributed by atoms with Crippen molar-refractivity contribution in [3.8, 4) is 11.3 Å². The number of piperidine rings is 1. The van der Waals surface area contributed by atoms with Crippen LogP contribution in [0.5, 0.6) is 0 Å². The Bertz CT molecular complexity index is 1500. The van der Waals surface area contributed by atoms with E-state index >= 15 is 0 Å². The third kappa shape index (κ3) is 6.61. The Morgan fingerprint density at radius 3 is 2.41 bits per heavy atom. The Morgan fingerprint density at radius 2 is 1.71 bits per heavy atom. The van der Waals surface area contributed by atoms with E-state index in [-0.39, 0.29) is 11.3 Å². The van der Waals surface area contributed by atoms with Crippen LogP contribution in [-0.2, 0) is 18.8 Å². The number of hydrogen-bond acceptors (Lipinski definition) is 5. The van der Waals surface area contributed by atoms with Crippen LogP contribution in [0.1, 0.15) is 49.6 Å². The number of anilines is 2. The topological polar surface area (TPSA) is 53.9 Å². The maximum Gasteiger partial charge on any atom is 0.418 e. The molecule has 2 aromatic heterocycles. The predicted octanol–water partition coefficient (Wildman–Crippen LogP) is 8.28. The summed E-state index contributed by atoms with van der Waals surface area (Å²) in [7, 11) is 0. The molecule has 3 heterocycles. The van der Waals surface area contributed by atoms with Gasteiger partial charge in [0.2, 0.25) is 0 Å². The summed E-state index contributed by atoms with van der Waals surface area (Å²) in [4.78, 5) is 15.8. The van der Waals surface area contributed by atoms with Crippen molar-refractivity contribution in [2.45, 2.75) is 57.4 Å². The molecule has 1 fully saturated rings. The van der Waals surface area contributed by atoms with E-state index in [9.17, 15) is 26.3 Å². The molecule has 4 aromatic rings. The fourth-order valence-corrected chi connectivity index (χ4v) is 5.34. The average molecular weight is 574 g/mol. The van der Waals surface area contributed by atoms with Crippen molar-refractivity contribution in [3.05, 3.63) is 77.7 Å². The maximum atomic E-state index is 13.7. The van der Waals surface area contributed by atoms with E-state index in [0.29, 0.717) is 40.7 Å². The second-order valence-electron chi connectivity index (χ2n) is 10.2. The minimum atomic E-state index is -4.59. The SMILES string of the molecule is CCC1CCCCN1CCc1nc(Nc2ccc(C(F)(F)F)cc2)c2ccc(-c3ncccc3C(F)(F)F)cc2n1. The van der Waals surface area contributed by atoms with Crippen molar-refractivity contribution in [1.82, 2.24) is 19.9 Å². The van der Waals surface area contributed by atoms with Crippen molar-refractivity contribution < 1.29 is 26.3 Å². The van der Waals surface area contributed by atoms with E-state index < -0.39 is 23.5 Å². The van der Waals surface area contributed by atoms with Crippen molar-refractivity contribution >= 4 is 22.4 Å². The van der Waals surface area contributed by atoms with Gasteiger partial charge in [-0.1, -0.05) is 19.4 Å². The molecule has 1 saturated heterocycles. The first kappa shape index (κ1) is 28.8. The van der Waals surface area contributed by atoms with Gasteiger partial charge in [-0.2, -0.15) is 26.3 Å². The third-order valence-corrected chi connectivity index (χ3v) is 7.45. The molecule has 0 amide bonds. The van der Waals surface area contributed by atoms with Crippen LogP contribution in [0.3, 0.4) is 0 Å². The highest BCUT2D eigenvalue weighted by Crippen LogP contribution is 2.37. The first-order valence-corrected chi connectivity index (χ1v) is 13.5. The fraction of sp³-hybridized carbons (Fsp3) is 0.367. The maximum absolute atomic E-state index is 13.7. The number of rotatable bonds is 7. The molecule has 1 aliphatic rings. The molecule has 2 aromatic carbocycles. The lowest BCUT2D eigenvalue weighted by molar-refractivity contribution is -0.138. The van der Waals surface area contributed by atoms with Gasteiger partial charge in [-0.25, -0.2) is 9.97 Å². The van der Waals surface area contributed by atoms with Crippen LogP contribution in [0.15, 0.2) is 60.8 Å². The van der Waals surface area contributed by atoms with Crippen LogP contribution >= 0.6 is 0 Å². The summed E-state index contributed by atoms with van der Waals surface area (Å²) >= 11 is 0. The highest BCUT2D eigenvalue weighted by Gasteiger charge is 2.34.